The molecule has 0 amide bonds. The first kappa shape index (κ1) is 13.1. The Morgan fingerprint density at radius 1 is 1.32 bits per heavy atom. The summed E-state index contributed by atoms with van der Waals surface area (Å²) < 4.78 is 2.06. The summed E-state index contributed by atoms with van der Waals surface area (Å²) >= 11 is 0. The number of nitrogens with zero attached hydrogens (tertiary/aromatic N) is 3. The van der Waals surface area contributed by atoms with E-state index in [2.05, 4.69) is 42.5 Å². The molecule has 0 unspecified atom stereocenters. The molecular formula is C15H26N4. The number of aryl methyl sites for hydroxylation is 1. The summed E-state index contributed by atoms with van der Waals surface area (Å²) in [5.74, 6) is 0. The Morgan fingerprint density at radius 2 is 1.95 bits per heavy atom. The molecule has 1 aliphatic heterocycles. The van der Waals surface area contributed by atoms with Crippen molar-refractivity contribution in [2.45, 2.75) is 57.0 Å². The fraction of sp³-hybridized carbons (Fsp3) is 0.800. The van der Waals surface area contributed by atoms with Crippen LogP contribution in [0.25, 0.3) is 0 Å². The van der Waals surface area contributed by atoms with Crippen molar-refractivity contribution in [3.05, 3.63) is 17.5 Å². The standard InChI is InChI=1S/C15H26N4/c1-14(2,3)19-7-5-15(6-8-19)12(16)9-11-10-17-18(4)13(11)15/h10,12H,5-9,16H2,1-4H3/t12-/m1/s1. The quantitative estimate of drug-likeness (QED) is 0.769. The van der Waals surface area contributed by atoms with Crippen LogP contribution in [0.2, 0.25) is 0 Å². The lowest BCUT2D eigenvalue weighted by atomic mass is 9.72. The summed E-state index contributed by atoms with van der Waals surface area (Å²) in [6.45, 7) is 9.18. The lowest BCUT2D eigenvalue weighted by Gasteiger charge is -2.47. The van der Waals surface area contributed by atoms with Crippen molar-refractivity contribution in [2.24, 2.45) is 12.8 Å². The second-order valence-corrected chi connectivity index (χ2v) is 7.27. The van der Waals surface area contributed by atoms with E-state index in [1.807, 2.05) is 6.20 Å². The highest BCUT2D eigenvalue weighted by Crippen LogP contribution is 2.46. The molecule has 1 saturated heterocycles. The largest absolute Gasteiger partial charge is 0.327 e. The molecule has 1 spiro atoms. The van der Waals surface area contributed by atoms with Crippen molar-refractivity contribution in [1.82, 2.24) is 14.7 Å². The van der Waals surface area contributed by atoms with Gasteiger partial charge in [-0.2, -0.15) is 5.10 Å². The molecule has 1 aromatic heterocycles. The lowest BCUT2D eigenvalue weighted by Crippen LogP contribution is -2.55. The summed E-state index contributed by atoms with van der Waals surface area (Å²) in [7, 11) is 2.06. The minimum absolute atomic E-state index is 0.169. The van der Waals surface area contributed by atoms with E-state index in [9.17, 15) is 0 Å². The Kier molecular flexibility index (Phi) is 2.81. The predicted octanol–water partition coefficient (Wildman–Crippen LogP) is 1.44. The molecule has 0 saturated carbocycles. The van der Waals surface area contributed by atoms with E-state index < -0.39 is 0 Å². The van der Waals surface area contributed by atoms with Gasteiger partial charge in [0.2, 0.25) is 0 Å². The molecule has 106 valence electrons. The fourth-order valence-corrected chi connectivity index (χ4v) is 4.07. The highest BCUT2D eigenvalue weighted by molar-refractivity contribution is 5.37. The number of likely N-dealkylation sites (tertiary alicyclic amines) is 1. The van der Waals surface area contributed by atoms with Crippen LogP contribution in [0.1, 0.15) is 44.9 Å². The Labute approximate surface area is 116 Å². The van der Waals surface area contributed by atoms with E-state index in [1.165, 1.54) is 11.3 Å². The van der Waals surface area contributed by atoms with Crippen LogP contribution in [0.5, 0.6) is 0 Å². The molecule has 2 heterocycles. The van der Waals surface area contributed by atoms with Gasteiger partial charge < -0.3 is 5.73 Å². The van der Waals surface area contributed by atoms with Gasteiger partial charge in [0.15, 0.2) is 0 Å². The smallest absolute Gasteiger partial charge is 0.0525 e. The molecule has 4 heteroatoms. The number of hydrogen-bond acceptors (Lipinski definition) is 3. The second-order valence-electron chi connectivity index (χ2n) is 7.27. The van der Waals surface area contributed by atoms with Crippen LogP contribution >= 0.6 is 0 Å². The zero-order valence-electron chi connectivity index (χ0n) is 12.6. The zero-order valence-corrected chi connectivity index (χ0v) is 12.6. The molecule has 0 radical (unpaired) electrons. The van der Waals surface area contributed by atoms with E-state index >= 15 is 0 Å². The molecule has 1 aliphatic carbocycles. The van der Waals surface area contributed by atoms with Gasteiger partial charge in [-0.25, -0.2) is 0 Å². The van der Waals surface area contributed by atoms with Crippen LogP contribution in [0, 0.1) is 0 Å². The van der Waals surface area contributed by atoms with Gasteiger partial charge in [0.05, 0.1) is 6.20 Å². The Morgan fingerprint density at radius 3 is 2.53 bits per heavy atom. The maximum absolute atomic E-state index is 6.50. The highest BCUT2D eigenvalue weighted by Gasteiger charge is 2.49. The first-order valence-corrected chi connectivity index (χ1v) is 7.36. The number of nitrogens with two attached hydrogens (primary N) is 1. The monoisotopic (exact) mass is 262 g/mol. The van der Waals surface area contributed by atoms with Crippen LogP contribution < -0.4 is 5.73 Å². The molecule has 1 aromatic rings. The van der Waals surface area contributed by atoms with Crippen LogP contribution in [0.15, 0.2) is 6.20 Å². The van der Waals surface area contributed by atoms with Crippen molar-refractivity contribution < 1.29 is 0 Å². The van der Waals surface area contributed by atoms with Crippen LogP contribution in [-0.2, 0) is 18.9 Å². The number of rotatable bonds is 0. The molecule has 1 fully saturated rings. The number of piperidine rings is 1. The molecule has 3 rings (SSSR count). The first-order chi connectivity index (χ1) is 8.84. The van der Waals surface area contributed by atoms with Gasteiger partial charge in [0, 0.05) is 29.7 Å². The molecule has 2 N–H and O–H groups in total. The van der Waals surface area contributed by atoms with Gasteiger partial charge in [0.1, 0.15) is 0 Å². The van der Waals surface area contributed by atoms with E-state index in [-0.39, 0.29) is 17.0 Å². The van der Waals surface area contributed by atoms with Crippen LogP contribution in [0.3, 0.4) is 0 Å². The Balaban J connectivity index is 1.88. The van der Waals surface area contributed by atoms with Crippen molar-refractivity contribution >= 4 is 0 Å². The maximum atomic E-state index is 6.50. The van der Waals surface area contributed by atoms with E-state index in [0.29, 0.717) is 0 Å². The molecule has 1 atom stereocenters. The third kappa shape index (κ3) is 1.84. The van der Waals surface area contributed by atoms with Crippen LogP contribution in [0.4, 0.5) is 0 Å². The normalized spacial score (nSPS) is 26.9. The summed E-state index contributed by atoms with van der Waals surface area (Å²) in [4.78, 5) is 2.58. The van der Waals surface area contributed by atoms with Crippen molar-refractivity contribution in [3.63, 3.8) is 0 Å². The van der Waals surface area contributed by atoms with Gasteiger partial charge in [-0.1, -0.05) is 0 Å². The van der Waals surface area contributed by atoms with Gasteiger partial charge >= 0.3 is 0 Å². The zero-order chi connectivity index (χ0) is 13.8. The third-order valence-corrected chi connectivity index (χ3v) is 5.24. The summed E-state index contributed by atoms with van der Waals surface area (Å²) in [6.07, 6.45) is 5.34. The maximum Gasteiger partial charge on any atom is 0.0525 e. The average Bonchev–Trinajstić information content (AvgIpc) is 2.81. The molecular weight excluding hydrogens is 236 g/mol. The molecule has 0 aromatic carbocycles. The minimum Gasteiger partial charge on any atom is -0.327 e. The van der Waals surface area contributed by atoms with E-state index in [0.717, 1.165) is 32.4 Å². The number of fused-ring (bicyclic) bond motifs is 2. The van der Waals surface area contributed by atoms with Crippen molar-refractivity contribution in [2.75, 3.05) is 13.1 Å². The van der Waals surface area contributed by atoms with Gasteiger partial charge in [0.25, 0.3) is 0 Å². The second kappa shape index (κ2) is 4.06. The van der Waals surface area contributed by atoms with E-state index in [4.69, 9.17) is 5.73 Å². The number of hydrogen-bond donors (Lipinski definition) is 1. The SMILES string of the molecule is Cn1ncc2c1C1(CCN(C(C)(C)C)CC1)[C@H](N)C2. The minimum atomic E-state index is 0.169. The average molecular weight is 262 g/mol. The Hall–Kier alpha value is -0.870. The molecule has 4 nitrogen and oxygen atoms in total. The Bertz CT molecular complexity index is 475. The summed E-state index contributed by atoms with van der Waals surface area (Å²) in [5.41, 5.74) is 9.72. The van der Waals surface area contributed by atoms with Crippen LogP contribution in [-0.4, -0.2) is 39.4 Å². The van der Waals surface area contributed by atoms with Gasteiger partial charge in [-0.3, -0.25) is 9.58 Å². The number of aromatic nitrogens is 2. The van der Waals surface area contributed by atoms with Crippen molar-refractivity contribution in [3.8, 4) is 0 Å². The topological polar surface area (TPSA) is 47.1 Å². The molecule has 0 bridgehead atoms. The van der Waals surface area contributed by atoms with Crippen molar-refractivity contribution in [1.29, 1.82) is 0 Å². The molecule has 19 heavy (non-hydrogen) atoms. The van der Waals surface area contributed by atoms with E-state index in [1.54, 1.807) is 0 Å². The predicted molar refractivity (Wildman–Crippen MR) is 77.1 cm³/mol. The summed E-state index contributed by atoms with van der Waals surface area (Å²) in [6, 6.07) is 0.272. The van der Waals surface area contributed by atoms with Gasteiger partial charge in [-0.05, 0) is 58.7 Å². The van der Waals surface area contributed by atoms with Gasteiger partial charge in [-0.15, -0.1) is 0 Å². The third-order valence-electron chi connectivity index (χ3n) is 5.24. The highest BCUT2D eigenvalue weighted by atomic mass is 15.3. The fourth-order valence-electron chi connectivity index (χ4n) is 4.07. The first-order valence-electron chi connectivity index (χ1n) is 7.36. The lowest BCUT2D eigenvalue weighted by molar-refractivity contribution is 0.0662. The summed E-state index contributed by atoms with van der Waals surface area (Å²) in [5, 5.41) is 4.44. The molecule has 2 aliphatic rings.